The molecule has 116 valence electrons. The van der Waals surface area contributed by atoms with Gasteiger partial charge in [0.15, 0.2) is 0 Å². The van der Waals surface area contributed by atoms with Gasteiger partial charge in [0.2, 0.25) is 0 Å². The maximum Gasteiger partial charge on any atom is 0.269 e. The summed E-state index contributed by atoms with van der Waals surface area (Å²) in [6.07, 6.45) is 0.497. The molecule has 4 N–H and O–H groups in total. The Morgan fingerprint density at radius 1 is 1.32 bits per heavy atom. The van der Waals surface area contributed by atoms with E-state index in [0.717, 1.165) is 5.56 Å². The summed E-state index contributed by atoms with van der Waals surface area (Å²) >= 11 is 0. The first-order chi connectivity index (χ1) is 10.7. The number of carbonyl (C=O) groups is 1. The maximum atomic E-state index is 12.2. The van der Waals surface area contributed by atoms with E-state index in [1.807, 2.05) is 30.3 Å². The molecule has 6 nitrogen and oxygen atoms in total. The average molecular weight is 301 g/mol. The molecule has 3 atom stereocenters. The van der Waals surface area contributed by atoms with E-state index in [0.29, 0.717) is 24.2 Å². The smallest absolute Gasteiger partial charge is 0.269 e. The number of aliphatic hydroxyl groups is 2. The van der Waals surface area contributed by atoms with Crippen LogP contribution in [0, 0.1) is 5.92 Å². The highest BCUT2D eigenvalue weighted by molar-refractivity contribution is 5.93. The van der Waals surface area contributed by atoms with Crippen molar-refractivity contribution in [3.8, 4) is 11.3 Å². The summed E-state index contributed by atoms with van der Waals surface area (Å²) in [7, 11) is 0. The van der Waals surface area contributed by atoms with Gasteiger partial charge in [-0.1, -0.05) is 30.3 Å². The highest BCUT2D eigenvalue weighted by Gasteiger charge is 2.33. The van der Waals surface area contributed by atoms with E-state index in [1.54, 1.807) is 6.07 Å². The first-order valence-electron chi connectivity index (χ1n) is 7.38. The third-order valence-corrected chi connectivity index (χ3v) is 4.12. The number of nitrogens with zero attached hydrogens (tertiary/aromatic N) is 1. The molecule has 1 heterocycles. The molecular formula is C16H19N3O3. The minimum atomic E-state index is -0.558. The number of amides is 1. The van der Waals surface area contributed by atoms with Crippen molar-refractivity contribution in [3.05, 3.63) is 42.1 Å². The second kappa shape index (κ2) is 6.29. The second-order valence-corrected chi connectivity index (χ2v) is 5.68. The Bertz CT molecular complexity index is 641. The van der Waals surface area contributed by atoms with E-state index in [1.165, 1.54) is 0 Å². The first-order valence-corrected chi connectivity index (χ1v) is 7.38. The van der Waals surface area contributed by atoms with Crippen molar-refractivity contribution in [1.82, 2.24) is 15.5 Å². The fourth-order valence-electron chi connectivity index (χ4n) is 2.87. The van der Waals surface area contributed by atoms with Crippen LogP contribution in [0.15, 0.2) is 36.4 Å². The molecule has 2 aromatic rings. The number of rotatable bonds is 4. The van der Waals surface area contributed by atoms with Crippen LogP contribution < -0.4 is 5.32 Å². The predicted molar refractivity (Wildman–Crippen MR) is 81.1 cm³/mol. The molecule has 0 unspecified atom stereocenters. The Hall–Kier alpha value is -2.18. The van der Waals surface area contributed by atoms with Gasteiger partial charge in [0.1, 0.15) is 5.69 Å². The van der Waals surface area contributed by atoms with Crippen LogP contribution in [0.4, 0.5) is 0 Å². The molecule has 1 aliphatic carbocycles. The van der Waals surface area contributed by atoms with E-state index in [9.17, 15) is 9.90 Å². The van der Waals surface area contributed by atoms with Gasteiger partial charge < -0.3 is 15.5 Å². The van der Waals surface area contributed by atoms with Crippen molar-refractivity contribution in [1.29, 1.82) is 0 Å². The molecule has 6 heteroatoms. The number of aromatic amines is 1. The zero-order valence-electron chi connectivity index (χ0n) is 12.1. The molecule has 0 radical (unpaired) electrons. The fourth-order valence-corrected chi connectivity index (χ4v) is 2.87. The molecule has 1 aliphatic rings. The number of aromatic nitrogens is 2. The van der Waals surface area contributed by atoms with Crippen molar-refractivity contribution in [3.63, 3.8) is 0 Å². The van der Waals surface area contributed by atoms with Gasteiger partial charge in [-0.05, 0) is 18.9 Å². The standard InChI is InChI=1S/C16H19N3O3/c20-9-11-6-12(7-15(11)21)17-16(22)14-8-13(18-19-14)10-4-2-1-3-5-10/h1-5,8,11-12,15,20-21H,6-7,9H2,(H,17,22)(H,18,19)/t11-,12-,15+/m0/s1. The fraction of sp³-hybridized carbons (Fsp3) is 0.375. The third-order valence-electron chi connectivity index (χ3n) is 4.12. The Morgan fingerprint density at radius 3 is 2.77 bits per heavy atom. The van der Waals surface area contributed by atoms with Crippen LogP contribution in [0.1, 0.15) is 23.3 Å². The lowest BCUT2D eigenvalue weighted by Crippen LogP contribution is -2.33. The van der Waals surface area contributed by atoms with E-state index in [4.69, 9.17) is 5.11 Å². The molecule has 1 aromatic heterocycles. The number of benzene rings is 1. The van der Waals surface area contributed by atoms with Crippen LogP contribution in [0.2, 0.25) is 0 Å². The lowest BCUT2D eigenvalue weighted by molar-refractivity contribution is 0.0902. The van der Waals surface area contributed by atoms with Crippen molar-refractivity contribution in [2.75, 3.05) is 6.61 Å². The molecular weight excluding hydrogens is 282 g/mol. The lowest BCUT2D eigenvalue weighted by Gasteiger charge is -2.11. The molecule has 1 aromatic carbocycles. The number of aliphatic hydroxyl groups excluding tert-OH is 2. The Kier molecular flexibility index (Phi) is 4.22. The molecule has 22 heavy (non-hydrogen) atoms. The second-order valence-electron chi connectivity index (χ2n) is 5.68. The van der Waals surface area contributed by atoms with Crippen molar-refractivity contribution in [2.24, 2.45) is 5.92 Å². The van der Waals surface area contributed by atoms with Gasteiger partial charge in [-0.2, -0.15) is 5.10 Å². The Balaban J connectivity index is 1.65. The number of H-pyrrole nitrogens is 1. The third kappa shape index (κ3) is 3.03. The van der Waals surface area contributed by atoms with E-state index in [2.05, 4.69) is 15.5 Å². The van der Waals surface area contributed by atoms with Crippen molar-refractivity contribution >= 4 is 5.91 Å². The molecule has 0 aliphatic heterocycles. The largest absolute Gasteiger partial charge is 0.396 e. The minimum Gasteiger partial charge on any atom is -0.396 e. The van der Waals surface area contributed by atoms with Gasteiger partial charge >= 0.3 is 0 Å². The summed E-state index contributed by atoms with van der Waals surface area (Å²) in [6, 6.07) is 11.2. The molecule has 1 amide bonds. The predicted octanol–water partition coefficient (Wildman–Crippen LogP) is 0.938. The van der Waals surface area contributed by atoms with Crippen molar-refractivity contribution in [2.45, 2.75) is 25.0 Å². The van der Waals surface area contributed by atoms with Gasteiger partial charge in [0, 0.05) is 24.1 Å². The van der Waals surface area contributed by atoms with E-state index in [-0.39, 0.29) is 24.5 Å². The first kappa shape index (κ1) is 14.7. The maximum absolute atomic E-state index is 12.2. The topological polar surface area (TPSA) is 98.2 Å². The average Bonchev–Trinajstić information content (AvgIpc) is 3.15. The summed E-state index contributed by atoms with van der Waals surface area (Å²) in [5.41, 5.74) is 2.04. The highest BCUT2D eigenvalue weighted by Crippen LogP contribution is 2.26. The normalized spacial score (nSPS) is 24.4. The monoisotopic (exact) mass is 301 g/mol. The van der Waals surface area contributed by atoms with Crippen LogP contribution in [0.5, 0.6) is 0 Å². The Morgan fingerprint density at radius 2 is 2.09 bits per heavy atom. The molecule has 0 saturated heterocycles. The molecule has 1 saturated carbocycles. The molecule has 0 spiro atoms. The van der Waals surface area contributed by atoms with E-state index >= 15 is 0 Å². The zero-order valence-corrected chi connectivity index (χ0v) is 12.1. The molecule has 0 bridgehead atoms. The summed E-state index contributed by atoms with van der Waals surface area (Å²) in [6.45, 7) is -0.0598. The highest BCUT2D eigenvalue weighted by atomic mass is 16.3. The lowest BCUT2D eigenvalue weighted by atomic mass is 10.1. The van der Waals surface area contributed by atoms with Crippen molar-refractivity contribution < 1.29 is 15.0 Å². The van der Waals surface area contributed by atoms with Gasteiger partial charge in [0.25, 0.3) is 5.91 Å². The summed E-state index contributed by atoms with van der Waals surface area (Å²) in [4.78, 5) is 12.2. The number of hydrogen-bond donors (Lipinski definition) is 4. The van der Waals surface area contributed by atoms with Crippen LogP contribution in [0.3, 0.4) is 0 Å². The van der Waals surface area contributed by atoms with Crippen LogP contribution in [-0.2, 0) is 0 Å². The number of carbonyl (C=O) groups excluding carboxylic acids is 1. The summed E-state index contributed by atoms with van der Waals surface area (Å²) in [5, 5.41) is 28.7. The van der Waals surface area contributed by atoms with Gasteiger partial charge in [-0.3, -0.25) is 9.89 Å². The minimum absolute atomic E-state index is 0.0598. The Labute approximate surface area is 128 Å². The van der Waals surface area contributed by atoms with Crippen LogP contribution in [0.25, 0.3) is 11.3 Å². The quantitative estimate of drug-likeness (QED) is 0.675. The van der Waals surface area contributed by atoms with Crippen LogP contribution in [-0.4, -0.2) is 45.1 Å². The van der Waals surface area contributed by atoms with Gasteiger partial charge in [-0.25, -0.2) is 0 Å². The van der Waals surface area contributed by atoms with Gasteiger partial charge in [-0.15, -0.1) is 0 Å². The van der Waals surface area contributed by atoms with E-state index < -0.39 is 6.10 Å². The number of nitrogens with one attached hydrogen (secondary N) is 2. The molecule has 3 rings (SSSR count). The zero-order chi connectivity index (χ0) is 15.5. The summed E-state index contributed by atoms with van der Waals surface area (Å²) in [5.74, 6) is -0.405. The van der Waals surface area contributed by atoms with Crippen LogP contribution >= 0.6 is 0 Å². The summed E-state index contributed by atoms with van der Waals surface area (Å²) < 4.78 is 0. The number of hydrogen-bond acceptors (Lipinski definition) is 4. The SMILES string of the molecule is O=C(N[C@H]1C[C@@H](CO)[C@H](O)C1)c1cc(-c2ccccc2)n[nH]1. The van der Waals surface area contributed by atoms with Gasteiger partial charge in [0.05, 0.1) is 11.8 Å². The molecule has 1 fully saturated rings.